The van der Waals surface area contributed by atoms with E-state index in [2.05, 4.69) is 47.1 Å². The minimum absolute atomic E-state index is 0.637. The van der Waals surface area contributed by atoms with Crippen molar-refractivity contribution in [2.75, 3.05) is 39.3 Å². The van der Waals surface area contributed by atoms with Gasteiger partial charge in [-0.15, -0.1) is 0 Å². The topological polar surface area (TPSA) is 39.5 Å². The zero-order valence-electron chi connectivity index (χ0n) is 15.8. The highest BCUT2D eigenvalue weighted by Gasteiger charge is 2.16. The minimum atomic E-state index is 0.637. The van der Waals surface area contributed by atoms with Crippen molar-refractivity contribution in [3.8, 4) is 11.8 Å². The Hall–Kier alpha value is -1.57. The summed E-state index contributed by atoms with van der Waals surface area (Å²) in [5.41, 5.74) is 1.33. The Labute approximate surface area is 153 Å². The van der Waals surface area contributed by atoms with Crippen LogP contribution in [0.5, 0.6) is 5.75 Å². The van der Waals surface area contributed by atoms with Crippen molar-refractivity contribution in [3.05, 3.63) is 29.8 Å². The Morgan fingerprint density at radius 2 is 1.80 bits per heavy atom. The second-order valence-electron chi connectivity index (χ2n) is 6.94. The first-order valence-electron chi connectivity index (χ1n) is 9.85. The van der Waals surface area contributed by atoms with Crippen LogP contribution in [0.1, 0.15) is 51.0 Å². The summed E-state index contributed by atoms with van der Waals surface area (Å²) in [5, 5.41) is 8.69. The molecule has 138 valence electrons. The van der Waals surface area contributed by atoms with Crippen LogP contribution in [0.4, 0.5) is 0 Å². The van der Waals surface area contributed by atoms with E-state index in [-0.39, 0.29) is 0 Å². The molecule has 0 unspecified atom stereocenters. The Bertz CT molecular complexity index is 518. The van der Waals surface area contributed by atoms with E-state index in [1.807, 2.05) is 0 Å². The molecule has 0 saturated carbocycles. The molecule has 1 fully saturated rings. The number of hydrogen-bond donors (Lipinski definition) is 0. The Balaban J connectivity index is 1.68. The molecule has 0 spiro atoms. The molecule has 2 rings (SSSR count). The summed E-state index contributed by atoms with van der Waals surface area (Å²) in [7, 11) is 0. The molecule has 1 aromatic carbocycles. The van der Waals surface area contributed by atoms with E-state index in [1.165, 1.54) is 31.2 Å². The predicted octanol–water partition coefficient (Wildman–Crippen LogP) is 4.07. The summed E-state index contributed by atoms with van der Waals surface area (Å²) in [6.45, 7) is 9.25. The quantitative estimate of drug-likeness (QED) is 0.568. The number of nitriles is 1. The molecule has 25 heavy (non-hydrogen) atoms. The number of ether oxygens (including phenoxy) is 1. The fourth-order valence-corrected chi connectivity index (χ4v) is 3.27. The molecule has 0 amide bonds. The number of nitrogens with zero attached hydrogens (tertiary/aromatic N) is 3. The molecular weight excluding hydrogens is 310 g/mol. The number of rotatable bonds is 11. The largest absolute Gasteiger partial charge is 0.494 e. The fourth-order valence-electron chi connectivity index (χ4n) is 3.27. The Morgan fingerprint density at radius 3 is 2.56 bits per heavy atom. The maximum Gasteiger partial charge on any atom is 0.119 e. The lowest BCUT2D eigenvalue weighted by molar-refractivity contribution is 0.129. The minimum Gasteiger partial charge on any atom is -0.494 e. The van der Waals surface area contributed by atoms with Gasteiger partial charge >= 0.3 is 0 Å². The number of hydrogen-bond acceptors (Lipinski definition) is 4. The van der Waals surface area contributed by atoms with Gasteiger partial charge in [0.25, 0.3) is 0 Å². The molecule has 4 heteroatoms. The monoisotopic (exact) mass is 343 g/mol. The molecule has 4 nitrogen and oxygen atoms in total. The molecule has 0 atom stereocenters. The summed E-state index contributed by atoms with van der Waals surface area (Å²) < 4.78 is 5.92. The van der Waals surface area contributed by atoms with Crippen molar-refractivity contribution in [3.63, 3.8) is 0 Å². The van der Waals surface area contributed by atoms with E-state index in [0.717, 1.165) is 58.0 Å². The highest BCUT2D eigenvalue weighted by atomic mass is 16.5. The van der Waals surface area contributed by atoms with Crippen molar-refractivity contribution in [1.29, 1.82) is 5.26 Å². The van der Waals surface area contributed by atoms with Crippen LogP contribution in [0.3, 0.4) is 0 Å². The molecule has 0 aliphatic carbocycles. The molecule has 1 saturated heterocycles. The lowest BCUT2D eigenvalue weighted by Gasteiger charge is -2.34. The maximum atomic E-state index is 8.69. The van der Waals surface area contributed by atoms with Crippen LogP contribution < -0.4 is 4.74 Å². The van der Waals surface area contributed by atoms with Gasteiger partial charge in [-0.3, -0.25) is 9.80 Å². The van der Waals surface area contributed by atoms with Crippen LogP contribution in [0, 0.1) is 11.3 Å². The standard InChI is InChI=1S/C21H33N3O/c1-2-3-4-5-6-17-25-21-10-7-9-20(18-21)19-24-15-13-23(14-16-24)12-8-11-22/h7,9-10,18H,2-6,8,12-17,19H2,1H3. The van der Waals surface area contributed by atoms with Crippen LogP contribution in [-0.2, 0) is 6.54 Å². The zero-order valence-corrected chi connectivity index (χ0v) is 15.8. The van der Waals surface area contributed by atoms with E-state index in [9.17, 15) is 0 Å². The molecule has 1 aliphatic rings. The molecular formula is C21H33N3O. The Morgan fingerprint density at radius 1 is 1.04 bits per heavy atom. The summed E-state index contributed by atoms with van der Waals surface area (Å²) >= 11 is 0. The van der Waals surface area contributed by atoms with Gasteiger partial charge in [0.15, 0.2) is 0 Å². The van der Waals surface area contributed by atoms with Crippen molar-refractivity contribution in [2.45, 2.75) is 52.0 Å². The van der Waals surface area contributed by atoms with E-state index in [4.69, 9.17) is 10.00 Å². The second kappa shape index (κ2) is 11.9. The zero-order chi connectivity index (χ0) is 17.7. The highest BCUT2D eigenvalue weighted by molar-refractivity contribution is 5.28. The lowest BCUT2D eigenvalue weighted by atomic mass is 10.1. The molecule has 0 radical (unpaired) electrons. The normalized spacial score (nSPS) is 15.8. The van der Waals surface area contributed by atoms with Crippen molar-refractivity contribution >= 4 is 0 Å². The van der Waals surface area contributed by atoms with Crippen LogP contribution in [-0.4, -0.2) is 49.1 Å². The summed E-state index contributed by atoms with van der Waals surface area (Å²) in [6.07, 6.45) is 6.99. The number of benzene rings is 1. The fraction of sp³-hybridized carbons (Fsp3) is 0.667. The second-order valence-corrected chi connectivity index (χ2v) is 6.94. The first-order chi connectivity index (χ1) is 12.3. The van der Waals surface area contributed by atoms with Gasteiger partial charge in [-0.05, 0) is 24.1 Å². The van der Waals surface area contributed by atoms with Crippen LogP contribution >= 0.6 is 0 Å². The molecule has 0 aromatic heterocycles. The van der Waals surface area contributed by atoms with Gasteiger partial charge in [0.1, 0.15) is 5.75 Å². The van der Waals surface area contributed by atoms with Gasteiger partial charge in [-0.25, -0.2) is 0 Å². The SMILES string of the molecule is CCCCCCCOc1cccc(CN2CCN(CCC#N)CC2)c1. The van der Waals surface area contributed by atoms with Gasteiger partial charge in [0, 0.05) is 45.7 Å². The molecule has 1 aliphatic heterocycles. The smallest absolute Gasteiger partial charge is 0.119 e. The van der Waals surface area contributed by atoms with Crippen LogP contribution in [0.15, 0.2) is 24.3 Å². The van der Waals surface area contributed by atoms with E-state index in [0.29, 0.717) is 6.42 Å². The maximum absolute atomic E-state index is 8.69. The van der Waals surface area contributed by atoms with Gasteiger partial charge in [-0.2, -0.15) is 5.26 Å². The highest BCUT2D eigenvalue weighted by Crippen LogP contribution is 2.16. The average molecular weight is 344 g/mol. The van der Waals surface area contributed by atoms with Crippen molar-refractivity contribution in [2.24, 2.45) is 0 Å². The third-order valence-corrected chi connectivity index (χ3v) is 4.83. The van der Waals surface area contributed by atoms with Gasteiger partial charge < -0.3 is 4.74 Å². The van der Waals surface area contributed by atoms with E-state index < -0.39 is 0 Å². The summed E-state index contributed by atoms with van der Waals surface area (Å²) in [6, 6.07) is 10.8. The lowest BCUT2D eigenvalue weighted by Crippen LogP contribution is -2.46. The third kappa shape index (κ3) is 7.90. The van der Waals surface area contributed by atoms with Crippen LogP contribution in [0.2, 0.25) is 0 Å². The molecule has 1 heterocycles. The van der Waals surface area contributed by atoms with Gasteiger partial charge in [0.05, 0.1) is 12.7 Å². The van der Waals surface area contributed by atoms with Gasteiger partial charge in [0.2, 0.25) is 0 Å². The third-order valence-electron chi connectivity index (χ3n) is 4.83. The molecule has 0 N–H and O–H groups in total. The van der Waals surface area contributed by atoms with Crippen LogP contribution in [0.25, 0.3) is 0 Å². The first kappa shape index (κ1) is 19.8. The first-order valence-corrected chi connectivity index (χ1v) is 9.85. The Kier molecular flexibility index (Phi) is 9.40. The van der Waals surface area contributed by atoms with Crippen molar-refractivity contribution < 1.29 is 4.74 Å². The predicted molar refractivity (Wildman–Crippen MR) is 103 cm³/mol. The molecule has 1 aromatic rings. The number of piperazine rings is 1. The van der Waals surface area contributed by atoms with Gasteiger partial charge in [-0.1, -0.05) is 44.7 Å². The van der Waals surface area contributed by atoms with E-state index >= 15 is 0 Å². The molecule has 0 bridgehead atoms. The van der Waals surface area contributed by atoms with Crippen molar-refractivity contribution in [1.82, 2.24) is 9.80 Å². The average Bonchev–Trinajstić information content (AvgIpc) is 2.64. The summed E-state index contributed by atoms with van der Waals surface area (Å²) in [5.74, 6) is 1.00. The van der Waals surface area contributed by atoms with E-state index in [1.54, 1.807) is 0 Å². The number of unbranched alkanes of at least 4 members (excludes halogenated alkanes) is 4. The summed E-state index contributed by atoms with van der Waals surface area (Å²) in [4.78, 5) is 4.88.